The Morgan fingerprint density at radius 3 is 2.25 bits per heavy atom. The Labute approximate surface area is 181 Å². The van der Waals surface area contributed by atoms with Crippen LogP contribution in [0.4, 0.5) is 0 Å². The third-order valence-electron chi connectivity index (χ3n) is 4.74. The lowest BCUT2D eigenvalue weighted by Gasteiger charge is -2.07. The van der Waals surface area contributed by atoms with Crippen molar-refractivity contribution < 1.29 is 4.52 Å². The monoisotopic (exact) mass is 496 g/mol. The van der Waals surface area contributed by atoms with E-state index >= 15 is 0 Å². The first kappa shape index (κ1) is 19.1. The molecule has 0 unspecified atom stereocenters. The molecule has 3 aromatic carbocycles. The van der Waals surface area contributed by atoms with Crippen molar-refractivity contribution in [2.24, 2.45) is 0 Å². The summed E-state index contributed by atoms with van der Waals surface area (Å²) in [6, 6.07) is 22.8. The second-order valence-electron chi connectivity index (χ2n) is 6.57. The summed E-state index contributed by atoms with van der Waals surface area (Å²) < 4.78 is 5.55. The Morgan fingerprint density at radius 1 is 0.786 bits per heavy atom. The van der Waals surface area contributed by atoms with E-state index in [1.807, 2.05) is 18.2 Å². The molecule has 0 atom stereocenters. The first-order valence-corrected chi connectivity index (χ1v) is 11.2. The molecule has 5 heteroatoms. The third kappa shape index (κ3) is 3.82. The lowest BCUT2D eigenvalue weighted by atomic mass is 9.98. The number of halogens is 2. The van der Waals surface area contributed by atoms with Crippen molar-refractivity contribution in [3.05, 3.63) is 83.4 Å². The Bertz CT molecular complexity index is 1110. The van der Waals surface area contributed by atoms with Gasteiger partial charge in [0, 0.05) is 21.8 Å². The van der Waals surface area contributed by atoms with Gasteiger partial charge in [-0.25, -0.2) is 0 Å². The second kappa shape index (κ2) is 8.41. The topological polar surface area (TPSA) is 38.9 Å². The molecule has 0 saturated heterocycles. The molecule has 0 amide bonds. The number of hydrogen-bond acceptors (Lipinski definition) is 3. The van der Waals surface area contributed by atoms with Gasteiger partial charge in [0.15, 0.2) is 0 Å². The first-order valence-electron chi connectivity index (χ1n) is 8.94. The fourth-order valence-corrected chi connectivity index (χ4v) is 4.29. The van der Waals surface area contributed by atoms with Crippen LogP contribution in [0.25, 0.3) is 34.0 Å². The molecular weight excluding hydrogens is 480 g/mol. The van der Waals surface area contributed by atoms with Gasteiger partial charge in [-0.3, -0.25) is 0 Å². The van der Waals surface area contributed by atoms with Crippen LogP contribution in [0.5, 0.6) is 0 Å². The molecule has 28 heavy (non-hydrogen) atoms. The van der Waals surface area contributed by atoms with Crippen LogP contribution in [0.15, 0.2) is 71.3 Å². The molecule has 1 aromatic heterocycles. The van der Waals surface area contributed by atoms with E-state index in [1.165, 1.54) is 27.8 Å². The predicted octanol–water partition coefficient (Wildman–Crippen LogP) is 7.17. The molecule has 0 fully saturated rings. The average molecular weight is 498 g/mol. The molecule has 0 radical (unpaired) electrons. The van der Waals surface area contributed by atoms with E-state index in [0.717, 1.165) is 21.8 Å². The second-order valence-corrected chi connectivity index (χ2v) is 7.69. The summed E-state index contributed by atoms with van der Waals surface area (Å²) in [5.41, 5.74) is 7.91. The maximum atomic E-state index is 5.55. The van der Waals surface area contributed by atoms with Crippen LogP contribution in [0, 0.1) is 6.92 Å². The third-order valence-corrected chi connectivity index (χ3v) is 5.94. The van der Waals surface area contributed by atoms with Crippen LogP contribution in [0.2, 0.25) is 0 Å². The summed E-state index contributed by atoms with van der Waals surface area (Å²) in [6.45, 7) is 2.10. The van der Waals surface area contributed by atoms with Gasteiger partial charge >= 0.3 is 0 Å². The predicted molar refractivity (Wildman–Crippen MR) is 121 cm³/mol. The zero-order valence-electron chi connectivity index (χ0n) is 15.3. The Kier molecular flexibility index (Phi) is 5.74. The number of aromatic nitrogens is 2. The lowest BCUT2D eigenvalue weighted by molar-refractivity contribution is 0.432. The zero-order chi connectivity index (χ0) is 19.5. The molecule has 0 aliphatic heterocycles. The minimum absolute atomic E-state index is 0.530. The standard InChI is InChI=1S/C23H18Br2N2O/c1-15-11-18(9-10-21(15)16-5-3-2-4-6-16)23-26-22(27-28-23)17-7-8-19(13-24)20(12-17)14-25/h2-12H,13-14H2,1H3. The fourth-order valence-electron chi connectivity index (χ4n) is 3.22. The summed E-state index contributed by atoms with van der Waals surface area (Å²) in [5.74, 6) is 1.13. The SMILES string of the molecule is Cc1cc(-c2nc(-c3ccc(CBr)c(CBr)c3)no2)ccc1-c1ccccc1. The van der Waals surface area contributed by atoms with Crippen LogP contribution in [0.3, 0.4) is 0 Å². The zero-order valence-corrected chi connectivity index (χ0v) is 18.5. The summed E-state index contributed by atoms with van der Waals surface area (Å²) in [7, 11) is 0. The Morgan fingerprint density at radius 2 is 1.54 bits per heavy atom. The summed E-state index contributed by atoms with van der Waals surface area (Å²) in [6.07, 6.45) is 0. The van der Waals surface area contributed by atoms with Gasteiger partial charge in [0.1, 0.15) is 0 Å². The van der Waals surface area contributed by atoms with Gasteiger partial charge in [-0.1, -0.05) is 85.5 Å². The van der Waals surface area contributed by atoms with Crippen molar-refractivity contribution in [3.8, 4) is 34.0 Å². The highest BCUT2D eigenvalue weighted by molar-refractivity contribution is 9.09. The number of aryl methyl sites for hydroxylation is 1. The summed E-state index contributed by atoms with van der Waals surface area (Å²) in [4.78, 5) is 4.62. The van der Waals surface area contributed by atoms with E-state index < -0.39 is 0 Å². The number of benzene rings is 3. The molecule has 0 aliphatic rings. The normalized spacial score (nSPS) is 11.0. The van der Waals surface area contributed by atoms with E-state index in [9.17, 15) is 0 Å². The lowest BCUT2D eigenvalue weighted by Crippen LogP contribution is -1.90. The van der Waals surface area contributed by atoms with Gasteiger partial charge < -0.3 is 4.52 Å². The van der Waals surface area contributed by atoms with Gasteiger partial charge in [0.05, 0.1) is 0 Å². The van der Waals surface area contributed by atoms with Crippen molar-refractivity contribution in [1.82, 2.24) is 10.1 Å². The molecule has 0 N–H and O–H groups in total. The number of rotatable bonds is 5. The van der Waals surface area contributed by atoms with Crippen molar-refractivity contribution in [1.29, 1.82) is 0 Å². The van der Waals surface area contributed by atoms with Crippen LogP contribution in [0.1, 0.15) is 16.7 Å². The molecule has 0 bridgehead atoms. The highest BCUT2D eigenvalue weighted by Gasteiger charge is 2.13. The van der Waals surface area contributed by atoms with Gasteiger partial charge in [-0.05, 0) is 52.9 Å². The summed E-state index contributed by atoms with van der Waals surface area (Å²) >= 11 is 7.07. The smallest absolute Gasteiger partial charge is 0.258 e. The van der Waals surface area contributed by atoms with Crippen LogP contribution >= 0.6 is 31.9 Å². The maximum Gasteiger partial charge on any atom is 0.258 e. The van der Waals surface area contributed by atoms with E-state index in [2.05, 4.69) is 97.5 Å². The van der Waals surface area contributed by atoms with Crippen molar-refractivity contribution in [3.63, 3.8) is 0 Å². The van der Waals surface area contributed by atoms with Crippen molar-refractivity contribution >= 4 is 31.9 Å². The largest absolute Gasteiger partial charge is 0.334 e. The number of alkyl halides is 2. The Hall–Kier alpha value is -2.24. The molecule has 4 rings (SSSR count). The van der Waals surface area contributed by atoms with Crippen LogP contribution in [-0.2, 0) is 10.7 Å². The molecule has 1 heterocycles. The van der Waals surface area contributed by atoms with Gasteiger partial charge in [0.25, 0.3) is 5.89 Å². The number of nitrogens with zero attached hydrogens (tertiary/aromatic N) is 2. The quantitative estimate of drug-likeness (QED) is 0.274. The van der Waals surface area contributed by atoms with E-state index in [1.54, 1.807) is 0 Å². The number of hydrogen-bond donors (Lipinski definition) is 0. The van der Waals surface area contributed by atoms with Crippen molar-refractivity contribution in [2.45, 2.75) is 17.6 Å². The molecule has 4 aromatic rings. The molecule has 3 nitrogen and oxygen atoms in total. The fraction of sp³-hybridized carbons (Fsp3) is 0.130. The van der Waals surface area contributed by atoms with Gasteiger partial charge in [-0.15, -0.1) is 0 Å². The molecule has 0 aliphatic carbocycles. The highest BCUT2D eigenvalue weighted by atomic mass is 79.9. The van der Waals surface area contributed by atoms with E-state index in [4.69, 9.17) is 4.52 Å². The summed E-state index contributed by atoms with van der Waals surface area (Å²) in [5, 5.41) is 5.79. The average Bonchev–Trinajstić information content (AvgIpc) is 3.24. The molecule has 0 saturated carbocycles. The van der Waals surface area contributed by atoms with E-state index in [-0.39, 0.29) is 0 Å². The molecule has 140 valence electrons. The van der Waals surface area contributed by atoms with Gasteiger partial charge in [-0.2, -0.15) is 4.98 Å². The minimum Gasteiger partial charge on any atom is -0.334 e. The van der Waals surface area contributed by atoms with E-state index in [0.29, 0.717) is 11.7 Å². The highest BCUT2D eigenvalue weighted by Crippen LogP contribution is 2.29. The Balaban J connectivity index is 1.65. The van der Waals surface area contributed by atoms with Crippen LogP contribution in [-0.4, -0.2) is 10.1 Å². The van der Waals surface area contributed by atoms with Crippen molar-refractivity contribution in [2.75, 3.05) is 0 Å². The molecular formula is C23H18Br2N2O. The molecule has 0 spiro atoms. The van der Waals surface area contributed by atoms with Gasteiger partial charge in [0.2, 0.25) is 5.82 Å². The first-order chi connectivity index (χ1) is 13.7. The van der Waals surface area contributed by atoms with Crippen LogP contribution < -0.4 is 0 Å². The minimum atomic E-state index is 0.530. The maximum absolute atomic E-state index is 5.55.